The predicted molar refractivity (Wildman–Crippen MR) is 74.6 cm³/mol. The van der Waals surface area contributed by atoms with E-state index in [2.05, 4.69) is 5.32 Å². The van der Waals surface area contributed by atoms with Crippen LogP contribution < -0.4 is 5.32 Å². The Morgan fingerprint density at radius 1 is 1.53 bits per heavy atom. The number of anilines is 1. The highest BCUT2D eigenvalue weighted by Crippen LogP contribution is 2.27. The molecular weight excluding hydrogens is 264 g/mol. The fraction of sp³-hybridized carbons (Fsp3) is 0.462. The lowest BCUT2D eigenvalue weighted by molar-refractivity contribution is 0.185. The molecule has 1 saturated carbocycles. The van der Waals surface area contributed by atoms with Gasteiger partial charge in [0.25, 0.3) is 0 Å². The van der Waals surface area contributed by atoms with Crippen LogP contribution in [-0.2, 0) is 10.8 Å². The maximum atomic E-state index is 12.1. The van der Waals surface area contributed by atoms with E-state index in [1.54, 1.807) is 35.4 Å². The highest BCUT2D eigenvalue weighted by Gasteiger charge is 2.32. The van der Waals surface area contributed by atoms with Crippen LogP contribution in [-0.4, -0.2) is 45.7 Å². The normalized spacial score (nSPS) is 15.9. The van der Waals surface area contributed by atoms with Crippen LogP contribution in [0.15, 0.2) is 29.2 Å². The maximum absolute atomic E-state index is 12.1. The molecule has 19 heavy (non-hydrogen) atoms. The average Bonchev–Trinajstić information content (AvgIpc) is 3.20. The molecule has 1 aliphatic carbocycles. The van der Waals surface area contributed by atoms with Gasteiger partial charge in [-0.1, -0.05) is 6.07 Å². The van der Waals surface area contributed by atoms with E-state index in [9.17, 15) is 9.00 Å². The lowest BCUT2D eigenvalue weighted by atomic mass is 10.3. The summed E-state index contributed by atoms with van der Waals surface area (Å²) in [5.41, 5.74) is 0.626. The molecule has 1 aliphatic rings. The van der Waals surface area contributed by atoms with Crippen molar-refractivity contribution in [1.82, 2.24) is 4.90 Å². The number of aliphatic hydroxyl groups is 1. The molecule has 0 aromatic heterocycles. The molecule has 5 nitrogen and oxygen atoms in total. The van der Waals surface area contributed by atoms with Gasteiger partial charge in [0, 0.05) is 40.2 Å². The third-order valence-corrected chi connectivity index (χ3v) is 3.92. The Balaban J connectivity index is 2.04. The second kappa shape index (κ2) is 6.16. The molecule has 1 aromatic carbocycles. The van der Waals surface area contributed by atoms with Crippen molar-refractivity contribution < 1.29 is 14.1 Å². The van der Waals surface area contributed by atoms with Crippen LogP contribution in [0.25, 0.3) is 0 Å². The molecule has 0 bridgehead atoms. The molecule has 2 amide bonds. The van der Waals surface area contributed by atoms with Gasteiger partial charge in [-0.05, 0) is 31.0 Å². The molecule has 1 unspecified atom stereocenters. The SMILES string of the molecule is CS(=O)c1cccc(NC(=O)N(CCO)C2CC2)c1. The number of carbonyl (C=O) groups is 1. The van der Waals surface area contributed by atoms with Crippen molar-refractivity contribution >= 4 is 22.5 Å². The molecule has 0 spiro atoms. The molecule has 0 saturated heterocycles. The van der Waals surface area contributed by atoms with Crippen molar-refractivity contribution in [1.29, 1.82) is 0 Å². The number of urea groups is 1. The molecule has 2 rings (SSSR count). The van der Waals surface area contributed by atoms with Gasteiger partial charge in [0.05, 0.1) is 6.61 Å². The van der Waals surface area contributed by atoms with Gasteiger partial charge < -0.3 is 15.3 Å². The Bertz CT molecular complexity index is 489. The Morgan fingerprint density at radius 3 is 2.84 bits per heavy atom. The van der Waals surface area contributed by atoms with Crippen LogP contribution >= 0.6 is 0 Å². The van der Waals surface area contributed by atoms with Gasteiger partial charge in [0.2, 0.25) is 0 Å². The summed E-state index contributed by atoms with van der Waals surface area (Å²) in [5, 5.41) is 11.8. The summed E-state index contributed by atoms with van der Waals surface area (Å²) in [6, 6.07) is 7.03. The smallest absolute Gasteiger partial charge is 0.322 e. The number of hydrogen-bond donors (Lipinski definition) is 2. The first-order valence-corrected chi connectivity index (χ1v) is 7.79. The van der Waals surface area contributed by atoms with Crippen LogP contribution in [0.4, 0.5) is 10.5 Å². The summed E-state index contributed by atoms with van der Waals surface area (Å²) in [5.74, 6) is 0. The molecule has 104 valence electrons. The summed E-state index contributed by atoms with van der Waals surface area (Å²) in [7, 11) is -1.07. The Labute approximate surface area is 115 Å². The van der Waals surface area contributed by atoms with Crippen molar-refractivity contribution in [3.63, 3.8) is 0 Å². The number of nitrogens with zero attached hydrogens (tertiary/aromatic N) is 1. The van der Waals surface area contributed by atoms with Gasteiger partial charge >= 0.3 is 6.03 Å². The van der Waals surface area contributed by atoms with Crippen LogP contribution in [0.1, 0.15) is 12.8 Å². The van der Waals surface area contributed by atoms with E-state index in [1.807, 2.05) is 0 Å². The molecule has 1 atom stereocenters. The molecular formula is C13H18N2O3S. The van der Waals surface area contributed by atoms with E-state index in [1.165, 1.54) is 0 Å². The number of rotatable bonds is 5. The fourth-order valence-electron chi connectivity index (χ4n) is 1.89. The van der Waals surface area contributed by atoms with Crippen LogP contribution in [0.3, 0.4) is 0 Å². The third kappa shape index (κ3) is 3.78. The van der Waals surface area contributed by atoms with E-state index < -0.39 is 10.8 Å². The number of benzene rings is 1. The third-order valence-electron chi connectivity index (χ3n) is 3.01. The minimum absolute atomic E-state index is 0.0388. The lowest BCUT2D eigenvalue weighted by Crippen LogP contribution is -2.38. The van der Waals surface area contributed by atoms with Crippen LogP contribution in [0.5, 0.6) is 0 Å². The van der Waals surface area contributed by atoms with Gasteiger partial charge in [0.1, 0.15) is 0 Å². The fourth-order valence-corrected chi connectivity index (χ4v) is 2.45. The lowest BCUT2D eigenvalue weighted by Gasteiger charge is -2.21. The Hall–Kier alpha value is -1.40. The minimum atomic E-state index is -1.07. The number of carbonyl (C=O) groups excluding carboxylic acids is 1. The zero-order valence-corrected chi connectivity index (χ0v) is 11.7. The number of nitrogens with one attached hydrogen (secondary N) is 1. The van der Waals surface area contributed by atoms with Crippen LogP contribution in [0, 0.1) is 0 Å². The van der Waals surface area contributed by atoms with E-state index in [4.69, 9.17) is 5.11 Å². The standard InChI is InChI=1S/C13H18N2O3S/c1-19(18)12-4-2-3-10(9-12)14-13(17)15(7-8-16)11-5-6-11/h2-4,9,11,16H,5-8H2,1H3,(H,14,17). The van der Waals surface area contributed by atoms with Crippen molar-refractivity contribution in [3.8, 4) is 0 Å². The minimum Gasteiger partial charge on any atom is -0.395 e. The molecule has 2 N–H and O–H groups in total. The number of hydrogen-bond acceptors (Lipinski definition) is 3. The van der Waals surface area contributed by atoms with Crippen molar-refractivity contribution in [2.45, 2.75) is 23.8 Å². The first-order chi connectivity index (χ1) is 9.11. The Kier molecular flexibility index (Phi) is 4.55. The topological polar surface area (TPSA) is 69.6 Å². The van der Waals surface area contributed by atoms with E-state index in [-0.39, 0.29) is 18.7 Å². The van der Waals surface area contributed by atoms with Gasteiger partial charge in [-0.3, -0.25) is 4.21 Å². The highest BCUT2D eigenvalue weighted by atomic mass is 32.2. The quantitative estimate of drug-likeness (QED) is 0.858. The zero-order chi connectivity index (χ0) is 13.8. The van der Waals surface area contributed by atoms with Gasteiger partial charge in [-0.25, -0.2) is 4.79 Å². The maximum Gasteiger partial charge on any atom is 0.322 e. The first-order valence-electron chi connectivity index (χ1n) is 6.24. The average molecular weight is 282 g/mol. The van der Waals surface area contributed by atoms with Gasteiger partial charge in [0.15, 0.2) is 0 Å². The summed E-state index contributed by atoms with van der Waals surface area (Å²) >= 11 is 0. The van der Waals surface area contributed by atoms with Crippen molar-refractivity contribution in [2.75, 3.05) is 24.7 Å². The first kappa shape index (κ1) is 14.0. The number of amides is 2. The molecule has 0 radical (unpaired) electrons. The molecule has 6 heteroatoms. The Morgan fingerprint density at radius 2 is 2.26 bits per heavy atom. The van der Waals surface area contributed by atoms with Gasteiger partial charge in [-0.2, -0.15) is 0 Å². The number of aliphatic hydroxyl groups excluding tert-OH is 1. The summed E-state index contributed by atoms with van der Waals surface area (Å²) in [6.45, 7) is 0.304. The van der Waals surface area contributed by atoms with E-state index >= 15 is 0 Å². The highest BCUT2D eigenvalue weighted by molar-refractivity contribution is 7.84. The second-order valence-electron chi connectivity index (χ2n) is 4.56. The second-order valence-corrected chi connectivity index (χ2v) is 5.94. The summed E-state index contributed by atoms with van der Waals surface area (Å²) < 4.78 is 11.4. The molecule has 0 aliphatic heterocycles. The van der Waals surface area contributed by atoms with Crippen molar-refractivity contribution in [2.24, 2.45) is 0 Å². The van der Waals surface area contributed by atoms with E-state index in [0.717, 1.165) is 12.8 Å². The molecule has 1 aromatic rings. The summed E-state index contributed by atoms with van der Waals surface area (Å²) in [6.07, 6.45) is 3.59. The van der Waals surface area contributed by atoms with Crippen molar-refractivity contribution in [3.05, 3.63) is 24.3 Å². The monoisotopic (exact) mass is 282 g/mol. The molecule has 1 fully saturated rings. The summed E-state index contributed by atoms with van der Waals surface area (Å²) in [4.78, 5) is 14.4. The van der Waals surface area contributed by atoms with Crippen LogP contribution in [0.2, 0.25) is 0 Å². The predicted octanol–water partition coefficient (Wildman–Crippen LogP) is 1.41. The molecule has 0 heterocycles. The zero-order valence-electron chi connectivity index (χ0n) is 10.8. The van der Waals surface area contributed by atoms with E-state index in [0.29, 0.717) is 17.1 Å². The van der Waals surface area contributed by atoms with Gasteiger partial charge in [-0.15, -0.1) is 0 Å². The largest absolute Gasteiger partial charge is 0.395 e.